The van der Waals surface area contributed by atoms with E-state index in [0.29, 0.717) is 17.2 Å². The summed E-state index contributed by atoms with van der Waals surface area (Å²) in [5, 5.41) is 16.7. The Balaban J connectivity index is 2.00. The van der Waals surface area contributed by atoms with Gasteiger partial charge in [-0.3, -0.25) is 0 Å². The number of aliphatic hydroxyl groups is 1. The van der Waals surface area contributed by atoms with Gasteiger partial charge in [0.2, 0.25) is 0 Å². The molecule has 19 heavy (non-hydrogen) atoms. The van der Waals surface area contributed by atoms with Gasteiger partial charge in [0.1, 0.15) is 10.7 Å². The number of nitrogens with zero attached hydrogens (tertiary/aromatic N) is 4. The van der Waals surface area contributed by atoms with Crippen LogP contribution in [-0.4, -0.2) is 68.5 Å². The fraction of sp³-hybridized carbons (Fsp3) is 0.727. The summed E-state index contributed by atoms with van der Waals surface area (Å²) in [6, 6.07) is 0. The summed E-state index contributed by atoms with van der Waals surface area (Å²) in [5.41, 5.74) is 3.53. The normalized spacial score (nSPS) is 23.4. The Hall–Kier alpha value is -1.25. The van der Waals surface area contributed by atoms with E-state index in [-0.39, 0.29) is 18.8 Å². The van der Waals surface area contributed by atoms with Crippen molar-refractivity contribution in [1.29, 1.82) is 0 Å². The summed E-state index contributed by atoms with van der Waals surface area (Å²) < 4.78 is 5.68. The van der Waals surface area contributed by atoms with Gasteiger partial charge >= 0.3 is 0 Å². The molecule has 2 atom stereocenters. The van der Waals surface area contributed by atoms with Crippen molar-refractivity contribution in [2.24, 2.45) is 0 Å². The smallest absolute Gasteiger partial charge is 0.142 e. The quantitative estimate of drug-likeness (QED) is 0.729. The summed E-state index contributed by atoms with van der Waals surface area (Å²) >= 11 is 5.45. The molecule has 1 aliphatic heterocycles. The lowest BCUT2D eigenvalue weighted by Gasteiger charge is -2.36. The molecule has 1 aromatic rings. The van der Waals surface area contributed by atoms with Gasteiger partial charge in [0.15, 0.2) is 0 Å². The lowest BCUT2D eigenvalue weighted by atomic mass is 10.2. The lowest BCUT2D eigenvalue weighted by Crippen LogP contribution is -2.47. The van der Waals surface area contributed by atoms with Gasteiger partial charge in [-0.1, -0.05) is 12.2 Å². The van der Waals surface area contributed by atoms with Gasteiger partial charge < -0.3 is 20.2 Å². The van der Waals surface area contributed by atoms with Crippen LogP contribution in [0.4, 0.5) is 0 Å². The number of nitrogens with one attached hydrogen (secondary N) is 1. The van der Waals surface area contributed by atoms with Crippen molar-refractivity contribution in [3.63, 3.8) is 0 Å². The van der Waals surface area contributed by atoms with Gasteiger partial charge in [0, 0.05) is 13.1 Å². The number of hydrogen-bond donors (Lipinski definition) is 2. The average Bonchev–Trinajstić information content (AvgIpc) is 2.83. The number of hydrogen-bond acceptors (Lipinski definition) is 6. The second kappa shape index (κ2) is 6.27. The molecule has 2 rings (SSSR count). The Morgan fingerprint density at radius 1 is 1.53 bits per heavy atom. The molecule has 1 aliphatic rings. The molecular formula is C11H19N5O2S. The minimum Gasteiger partial charge on any atom is -0.394 e. The molecule has 7 nitrogen and oxygen atoms in total. The molecule has 1 fully saturated rings. The van der Waals surface area contributed by atoms with Crippen molar-refractivity contribution in [3.05, 3.63) is 11.9 Å². The van der Waals surface area contributed by atoms with Gasteiger partial charge in [-0.15, -0.1) is 5.10 Å². The summed E-state index contributed by atoms with van der Waals surface area (Å²) in [5.74, 6) is 0. The maximum atomic E-state index is 8.73. The van der Waals surface area contributed by atoms with E-state index < -0.39 is 0 Å². The van der Waals surface area contributed by atoms with E-state index in [1.54, 1.807) is 6.20 Å². The SMILES string of the molecule is CC1CN(C(=S)c2cn(NCCO)nn2)CC(C)O1. The van der Waals surface area contributed by atoms with Crippen LogP contribution in [0.25, 0.3) is 0 Å². The van der Waals surface area contributed by atoms with Gasteiger partial charge in [-0.05, 0) is 19.1 Å². The topological polar surface area (TPSA) is 75.4 Å². The van der Waals surface area contributed by atoms with E-state index in [1.165, 1.54) is 4.79 Å². The molecule has 0 aliphatic carbocycles. The highest BCUT2D eigenvalue weighted by molar-refractivity contribution is 7.80. The van der Waals surface area contributed by atoms with Gasteiger partial charge in [-0.25, -0.2) is 0 Å². The molecule has 2 unspecified atom stereocenters. The first-order chi connectivity index (χ1) is 9.10. The largest absolute Gasteiger partial charge is 0.394 e. The molecule has 106 valence electrons. The fourth-order valence-electron chi connectivity index (χ4n) is 2.11. The van der Waals surface area contributed by atoms with Crippen LogP contribution in [0.5, 0.6) is 0 Å². The summed E-state index contributed by atoms with van der Waals surface area (Å²) in [7, 11) is 0. The minimum atomic E-state index is 0.0398. The van der Waals surface area contributed by atoms with Crippen molar-refractivity contribution < 1.29 is 9.84 Å². The molecule has 1 aromatic heterocycles. The molecule has 8 heteroatoms. The predicted octanol–water partition coefficient (Wildman–Crippen LogP) is -0.401. The van der Waals surface area contributed by atoms with E-state index in [2.05, 4.69) is 20.6 Å². The Kier molecular flexibility index (Phi) is 4.67. The van der Waals surface area contributed by atoms with Gasteiger partial charge in [0.25, 0.3) is 0 Å². The first-order valence-electron chi connectivity index (χ1n) is 6.32. The molecule has 0 amide bonds. The van der Waals surface area contributed by atoms with Crippen LogP contribution < -0.4 is 5.43 Å². The fourth-order valence-corrected chi connectivity index (χ4v) is 2.35. The van der Waals surface area contributed by atoms with Crippen molar-refractivity contribution in [2.75, 3.05) is 31.7 Å². The third kappa shape index (κ3) is 3.62. The predicted molar refractivity (Wildman–Crippen MR) is 74.6 cm³/mol. The standard InChI is InChI=1S/C11H19N5O2S/c1-8-5-15(6-9(2)18-8)11(19)10-7-16(14-13-10)12-3-4-17/h7-9,12,17H,3-6H2,1-2H3. The maximum Gasteiger partial charge on any atom is 0.142 e. The summed E-state index contributed by atoms with van der Waals surface area (Å²) in [6.45, 7) is 6.05. The monoisotopic (exact) mass is 285 g/mol. The zero-order valence-corrected chi connectivity index (χ0v) is 11.9. The summed E-state index contributed by atoms with van der Waals surface area (Å²) in [6.07, 6.45) is 2.04. The molecule has 0 bridgehead atoms. The zero-order valence-electron chi connectivity index (χ0n) is 11.1. The van der Waals surface area contributed by atoms with Gasteiger partial charge in [0.05, 0.1) is 31.6 Å². The molecule has 0 spiro atoms. The molecule has 0 aromatic carbocycles. The lowest BCUT2D eigenvalue weighted by molar-refractivity contribution is -0.0472. The molecule has 0 saturated carbocycles. The Morgan fingerprint density at radius 2 is 2.21 bits per heavy atom. The van der Waals surface area contributed by atoms with Crippen LogP contribution in [-0.2, 0) is 4.74 Å². The van der Waals surface area contributed by atoms with Crippen molar-refractivity contribution in [2.45, 2.75) is 26.1 Å². The molecule has 2 heterocycles. The molecule has 0 radical (unpaired) electrons. The second-order valence-electron chi connectivity index (χ2n) is 4.65. The Labute approximate surface area is 117 Å². The van der Waals surface area contributed by atoms with E-state index in [0.717, 1.165) is 13.1 Å². The van der Waals surface area contributed by atoms with E-state index >= 15 is 0 Å². The van der Waals surface area contributed by atoms with Crippen LogP contribution in [0.1, 0.15) is 19.5 Å². The number of thiocarbonyl (C=S) groups is 1. The first kappa shape index (κ1) is 14.2. The van der Waals surface area contributed by atoms with E-state index in [9.17, 15) is 0 Å². The van der Waals surface area contributed by atoms with Crippen LogP contribution in [0.15, 0.2) is 6.20 Å². The van der Waals surface area contributed by atoms with Crippen molar-refractivity contribution in [1.82, 2.24) is 20.0 Å². The van der Waals surface area contributed by atoms with Crippen LogP contribution in [0.3, 0.4) is 0 Å². The first-order valence-corrected chi connectivity index (χ1v) is 6.72. The third-order valence-corrected chi connectivity index (χ3v) is 3.27. The number of aromatic nitrogens is 3. The average molecular weight is 285 g/mol. The molecule has 2 N–H and O–H groups in total. The third-order valence-electron chi connectivity index (χ3n) is 2.80. The zero-order chi connectivity index (χ0) is 13.8. The van der Waals surface area contributed by atoms with Crippen LogP contribution >= 0.6 is 12.2 Å². The van der Waals surface area contributed by atoms with Gasteiger partial charge in [-0.2, -0.15) is 4.79 Å². The minimum absolute atomic E-state index is 0.0398. The number of ether oxygens (including phenoxy) is 1. The highest BCUT2D eigenvalue weighted by atomic mass is 32.1. The van der Waals surface area contributed by atoms with Crippen molar-refractivity contribution >= 4 is 17.2 Å². The highest BCUT2D eigenvalue weighted by Crippen LogP contribution is 2.13. The highest BCUT2D eigenvalue weighted by Gasteiger charge is 2.25. The van der Waals surface area contributed by atoms with Crippen LogP contribution in [0.2, 0.25) is 0 Å². The number of aliphatic hydroxyl groups excluding tert-OH is 1. The van der Waals surface area contributed by atoms with Crippen LogP contribution in [0, 0.1) is 0 Å². The summed E-state index contributed by atoms with van der Waals surface area (Å²) in [4.78, 5) is 4.23. The molecular weight excluding hydrogens is 266 g/mol. The number of morpholine rings is 1. The van der Waals surface area contributed by atoms with E-state index in [1.807, 2.05) is 13.8 Å². The Morgan fingerprint density at radius 3 is 2.84 bits per heavy atom. The number of rotatable bonds is 4. The molecule has 1 saturated heterocycles. The van der Waals surface area contributed by atoms with Crippen molar-refractivity contribution in [3.8, 4) is 0 Å². The Bertz CT molecular complexity index is 428. The second-order valence-corrected chi connectivity index (χ2v) is 5.03. The maximum absolute atomic E-state index is 8.73. The van der Waals surface area contributed by atoms with E-state index in [4.69, 9.17) is 22.1 Å².